The van der Waals surface area contributed by atoms with E-state index in [-0.39, 0.29) is 5.91 Å². The van der Waals surface area contributed by atoms with E-state index in [0.29, 0.717) is 18.7 Å². The van der Waals surface area contributed by atoms with Crippen LogP contribution in [0.5, 0.6) is 0 Å². The van der Waals surface area contributed by atoms with Crippen LogP contribution in [0.25, 0.3) is 11.3 Å². The maximum Gasteiger partial charge on any atom is 0.256 e. The number of fused-ring (bicyclic) bond motifs is 1. The minimum absolute atomic E-state index is 0.00177. The number of amides is 1. The highest BCUT2D eigenvalue weighted by molar-refractivity contribution is 5.95. The maximum atomic E-state index is 13.0. The van der Waals surface area contributed by atoms with Gasteiger partial charge in [-0.1, -0.05) is 37.3 Å². The van der Waals surface area contributed by atoms with E-state index in [1.807, 2.05) is 54.3 Å². The quantitative estimate of drug-likeness (QED) is 0.731. The molecule has 0 fully saturated rings. The van der Waals surface area contributed by atoms with Crippen LogP contribution < -0.4 is 0 Å². The number of aromatic nitrogens is 4. The fourth-order valence-corrected chi connectivity index (χ4v) is 3.38. The summed E-state index contributed by atoms with van der Waals surface area (Å²) >= 11 is 0. The average Bonchev–Trinajstić information content (AvgIpc) is 3.10. The maximum absolute atomic E-state index is 13.0. The van der Waals surface area contributed by atoms with Crippen LogP contribution in [0.1, 0.15) is 34.6 Å². The molecule has 0 aliphatic carbocycles. The zero-order valence-corrected chi connectivity index (χ0v) is 15.0. The number of carbonyl (C=O) groups excluding carboxylic acids is 1. The summed E-state index contributed by atoms with van der Waals surface area (Å²) in [5.41, 5.74) is 3.32. The molecule has 3 aromatic rings. The molecular formula is C20H21N5O. The molecule has 1 aliphatic heterocycles. The molecule has 3 heterocycles. The predicted molar refractivity (Wildman–Crippen MR) is 98.6 cm³/mol. The summed E-state index contributed by atoms with van der Waals surface area (Å²) in [7, 11) is 0. The molecule has 132 valence electrons. The van der Waals surface area contributed by atoms with Crippen molar-refractivity contribution in [3.8, 4) is 11.3 Å². The zero-order valence-electron chi connectivity index (χ0n) is 15.0. The van der Waals surface area contributed by atoms with Gasteiger partial charge >= 0.3 is 0 Å². The molecule has 0 atom stereocenters. The van der Waals surface area contributed by atoms with Gasteiger partial charge in [0.25, 0.3) is 5.91 Å². The van der Waals surface area contributed by atoms with Gasteiger partial charge in [0, 0.05) is 25.1 Å². The first-order chi connectivity index (χ1) is 12.7. The molecule has 1 amide bonds. The van der Waals surface area contributed by atoms with Crippen molar-refractivity contribution in [3.05, 3.63) is 65.4 Å². The van der Waals surface area contributed by atoms with Crippen LogP contribution >= 0.6 is 0 Å². The predicted octanol–water partition coefficient (Wildman–Crippen LogP) is 2.87. The van der Waals surface area contributed by atoms with Gasteiger partial charge in [0.05, 0.1) is 23.5 Å². The van der Waals surface area contributed by atoms with Crippen molar-refractivity contribution < 1.29 is 4.79 Å². The van der Waals surface area contributed by atoms with Crippen LogP contribution in [0.2, 0.25) is 0 Å². The molecule has 2 aromatic heterocycles. The van der Waals surface area contributed by atoms with Crippen LogP contribution in [0.15, 0.2) is 42.5 Å². The molecule has 0 N–H and O–H groups in total. The van der Waals surface area contributed by atoms with Crippen molar-refractivity contribution in [3.63, 3.8) is 0 Å². The molecule has 0 bridgehead atoms. The highest BCUT2D eigenvalue weighted by atomic mass is 16.2. The number of aryl methyl sites for hydroxylation is 2. The van der Waals surface area contributed by atoms with Crippen LogP contribution in [-0.4, -0.2) is 37.1 Å². The molecule has 26 heavy (non-hydrogen) atoms. The van der Waals surface area contributed by atoms with E-state index >= 15 is 0 Å². The van der Waals surface area contributed by atoms with E-state index in [2.05, 4.69) is 26.7 Å². The largest absolute Gasteiger partial charge is 0.329 e. The third kappa shape index (κ3) is 2.87. The van der Waals surface area contributed by atoms with Gasteiger partial charge in [0.2, 0.25) is 0 Å². The fourth-order valence-electron chi connectivity index (χ4n) is 3.38. The van der Waals surface area contributed by atoms with E-state index in [1.165, 1.54) is 0 Å². The van der Waals surface area contributed by atoms with Crippen molar-refractivity contribution in [1.82, 2.24) is 24.6 Å². The van der Waals surface area contributed by atoms with Crippen molar-refractivity contribution in [2.24, 2.45) is 0 Å². The minimum Gasteiger partial charge on any atom is -0.329 e. The Balaban J connectivity index is 1.57. The van der Waals surface area contributed by atoms with Gasteiger partial charge in [-0.25, -0.2) is 0 Å². The van der Waals surface area contributed by atoms with E-state index < -0.39 is 0 Å². The Morgan fingerprint density at radius 3 is 2.62 bits per heavy atom. The molecule has 0 saturated carbocycles. The Hall–Kier alpha value is -3.02. The number of benzene rings is 1. The topological polar surface area (TPSA) is 63.9 Å². The minimum atomic E-state index is 0.00177. The second-order valence-corrected chi connectivity index (χ2v) is 6.46. The Labute approximate surface area is 152 Å². The fraction of sp³-hybridized carbons (Fsp3) is 0.300. The van der Waals surface area contributed by atoms with E-state index in [0.717, 1.165) is 41.6 Å². The lowest BCUT2D eigenvalue weighted by Gasteiger charge is -2.28. The van der Waals surface area contributed by atoms with Crippen molar-refractivity contribution in [2.75, 3.05) is 6.54 Å². The highest BCUT2D eigenvalue weighted by Gasteiger charge is 2.26. The van der Waals surface area contributed by atoms with Crippen LogP contribution in [0, 0.1) is 6.92 Å². The van der Waals surface area contributed by atoms with Crippen molar-refractivity contribution in [2.45, 2.75) is 33.4 Å². The third-order valence-electron chi connectivity index (χ3n) is 4.82. The monoisotopic (exact) mass is 347 g/mol. The molecule has 0 spiro atoms. The van der Waals surface area contributed by atoms with Crippen LogP contribution in [-0.2, 0) is 19.5 Å². The van der Waals surface area contributed by atoms with Gasteiger partial charge in [0.15, 0.2) is 5.82 Å². The Morgan fingerprint density at radius 1 is 1.08 bits per heavy atom. The summed E-state index contributed by atoms with van der Waals surface area (Å²) in [6, 6.07) is 13.8. The number of rotatable bonds is 3. The summed E-state index contributed by atoms with van der Waals surface area (Å²) in [5.74, 6) is 1.84. The van der Waals surface area contributed by atoms with Crippen molar-refractivity contribution >= 4 is 5.91 Å². The third-order valence-corrected chi connectivity index (χ3v) is 4.82. The molecule has 0 saturated heterocycles. The van der Waals surface area contributed by atoms with Gasteiger partial charge in [0.1, 0.15) is 5.82 Å². The first-order valence-corrected chi connectivity index (χ1v) is 8.90. The SMILES string of the molecule is CCc1nnc2n1CCN(C(=O)c1ccc(-c3ccccc3)nc1C)C2. The lowest BCUT2D eigenvalue weighted by atomic mass is 10.1. The highest BCUT2D eigenvalue weighted by Crippen LogP contribution is 2.21. The van der Waals surface area contributed by atoms with E-state index in [4.69, 9.17) is 0 Å². The summed E-state index contributed by atoms with van der Waals surface area (Å²) in [5, 5.41) is 8.44. The normalized spacial score (nSPS) is 13.5. The second-order valence-electron chi connectivity index (χ2n) is 6.46. The van der Waals surface area contributed by atoms with Gasteiger partial charge in [-0.05, 0) is 19.1 Å². The molecule has 1 aliphatic rings. The first kappa shape index (κ1) is 16.4. The lowest BCUT2D eigenvalue weighted by molar-refractivity contribution is 0.0705. The first-order valence-electron chi connectivity index (χ1n) is 8.90. The Morgan fingerprint density at radius 2 is 1.88 bits per heavy atom. The number of hydrogen-bond donors (Lipinski definition) is 0. The van der Waals surface area contributed by atoms with Crippen LogP contribution in [0.4, 0.5) is 0 Å². The lowest BCUT2D eigenvalue weighted by Crippen LogP contribution is -2.39. The zero-order chi connectivity index (χ0) is 18.1. The van der Waals surface area contributed by atoms with Crippen molar-refractivity contribution in [1.29, 1.82) is 0 Å². The number of pyridine rings is 1. The standard InChI is InChI=1S/C20H21N5O/c1-3-18-22-23-19-13-24(11-12-25(18)19)20(26)16-9-10-17(21-14(16)2)15-7-5-4-6-8-15/h4-10H,3,11-13H2,1-2H3. The molecular weight excluding hydrogens is 326 g/mol. The second kappa shape index (κ2) is 6.71. The Kier molecular flexibility index (Phi) is 4.24. The number of hydrogen-bond acceptors (Lipinski definition) is 4. The summed E-state index contributed by atoms with van der Waals surface area (Å²) < 4.78 is 2.12. The molecule has 6 nitrogen and oxygen atoms in total. The smallest absolute Gasteiger partial charge is 0.256 e. The molecule has 0 radical (unpaired) electrons. The average molecular weight is 347 g/mol. The number of carbonyl (C=O) groups is 1. The Bertz CT molecular complexity index is 948. The van der Waals surface area contributed by atoms with Gasteiger partial charge in [-0.2, -0.15) is 0 Å². The van der Waals surface area contributed by atoms with Gasteiger partial charge in [-0.3, -0.25) is 9.78 Å². The molecule has 6 heteroatoms. The van der Waals surface area contributed by atoms with Crippen LogP contribution in [0.3, 0.4) is 0 Å². The number of nitrogens with zero attached hydrogens (tertiary/aromatic N) is 5. The van der Waals surface area contributed by atoms with E-state index in [9.17, 15) is 4.79 Å². The molecule has 1 aromatic carbocycles. The summed E-state index contributed by atoms with van der Waals surface area (Å²) in [6.45, 7) is 5.85. The van der Waals surface area contributed by atoms with Gasteiger partial charge in [-0.15, -0.1) is 10.2 Å². The summed E-state index contributed by atoms with van der Waals surface area (Å²) in [6.07, 6.45) is 0.852. The molecule has 0 unspecified atom stereocenters. The van der Waals surface area contributed by atoms with Gasteiger partial charge < -0.3 is 9.47 Å². The van der Waals surface area contributed by atoms with E-state index in [1.54, 1.807) is 0 Å². The summed E-state index contributed by atoms with van der Waals surface area (Å²) in [4.78, 5) is 19.5. The molecule has 4 rings (SSSR count).